The molecule has 2 aromatic carbocycles. The van der Waals surface area contributed by atoms with Crippen LogP contribution in [-0.4, -0.2) is 34.2 Å². The summed E-state index contributed by atoms with van der Waals surface area (Å²) in [7, 11) is 0. The van der Waals surface area contributed by atoms with Crippen molar-refractivity contribution in [3.8, 4) is 11.4 Å². The van der Waals surface area contributed by atoms with E-state index in [-0.39, 0.29) is 5.82 Å². The minimum absolute atomic E-state index is 0.300. The van der Waals surface area contributed by atoms with Crippen LogP contribution in [0.15, 0.2) is 53.6 Å². The van der Waals surface area contributed by atoms with Crippen molar-refractivity contribution in [2.75, 3.05) is 18.0 Å². The number of aromatic amines is 1. The molecule has 0 spiro atoms. The van der Waals surface area contributed by atoms with Gasteiger partial charge in [0.1, 0.15) is 5.82 Å². The molecule has 0 saturated carbocycles. The summed E-state index contributed by atoms with van der Waals surface area (Å²) >= 11 is 5.25. The zero-order valence-electron chi connectivity index (χ0n) is 14.7. The molecule has 1 heterocycles. The minimum Gasteiger partial charge on any atom is -0.372 e. The fraction of sp³-hybridized carbons (Fsp3) is 0.211. The van der Waals surface area contributed by atoms with E-state index in [1.165, 1.54) is 22.5 Å². The smallest absolute Gasteiger partial charge is 0.216 e. The van der Waals surface area contributed by atoms with E-state index >= 15 is 0 Å². The molecule has 3 aromatic rings. The minimum atomic E-state index is -0.300. The van der Waals surface area contributed by atoms with Gasteiger partial charge in [0.05, 0.1) is 6.21 Å². The van der Waals surface area contributed by atoms with Crippen molar-refractivity contribution in [3.63, 3.8) is 0 Å². The van der Waals surface area contributed by atoms with Crippen molar-refractivity contribution in [2.45, 2.75) is 13.8 Å². The molecule has 1 aromatic heterocycles. The Balaban J connectivity index is 1.86. The molecule has 0 amide bonds. The highest BCUT2D eigenvalue weighted by Gasteiger charge is 2.08. The third-order valence-electron chi connectivity index (χ3n) is 4.10. The molecule has 1 N–H and O–H groups in total. The maximum Gasteiger partial charge on any atom is 0.216 e. The van der Waals surface area contributed by atoms with Crippen molar-refractivity contribution in [1.82, 2.24) is 14.9 Å². The Kier molecular flexibility index (Phi) is 5.58. The highest BCUT2D eigenvalue weighted by molar-refractivity contribution is 7.71. The van der Waals surface area contributed by atoms with Crippen molar-refractivity contribution >= 4 is 24.1 Å². The third-order valence-corrected chi connectivity index (χ3v) is 4.36. The maximum atomic E-state index is 13.1. The number of aromatic nitrogens is 3. The summed E-state index contributed by atoms with van der Waals surface area (Å²) in [4.78, 5) is 2.28. The molecular formula is C19H20FN5S. The first-order chi connectivity index (χ1) is 12.6. The van der Waals surface area contributed by atoms with E-state index in [0.29, 0.717) is 10.6 Å². The predicted molar refractivity (Wildman–Crippen MR) is 106 cm³/mol. The molecule has 0 fully saturated rings. The predicted octanol–water partition coefficient (Wildman–Crippen LogP) is 4.48. The third kappa shape index (κ3) is 3.88. The summed E-state index contributed by atoms with van der Waals surface area (Å²) < 4.78 is 15.0. The normalized spacial score (nSPS) is 11.2. The van der Waals surface area contributed by atoms with E-state index in [1.54, 1.807) is 18.3 Å². The van der Waals surface area contributed by atoms with Crippen molar-refractivity contribution in [2.24, 2.45) is 5.10 Å². The van der Waals surface area contributed by atoms with Crippen LogP contribution in [0.3, 0.4) is 0 Å². The molecule has 0 atom stereocenters. The first-order valence-corrected chi connectivity index (χ1v) is 8.86. The van der Waals surface area contributed by atoms with E-state index in [1.807, 2.05) is 12.1 Å². The Morgan fingerprint density at radius 2 is 1.77 bits per heavy atom. The lowest BCUT2D eigenvalue weighted by molar-refractivity contribution is 0.628. The first kappa shape index (κ1) is 18.0. The van der Waals surface area contributed by atoms with Gasteiger partial charge >= 0.3 is 0 Å². The molecule has 134 valence electrons. The first-order valence-electron chi connectivity index (χ1n) is 8.45. The van der Waals surface area contributed by atoms with E-state index in [4.69, 9.17) is 12.2 Å². The molecule has 26 heavy (non-hydrogen) atoms. The van der Waals surface area contributed by atoms with Crippen LogP contribution in [0.5, 0.6) is 0 Å². The van der Waals surface area contributed by atoms with Gasteiger partial charge in [-0.1, -0.05) is 12.1 Å². The molecule has 5 nitrogen and oxygen atoms in total. The van der Waals surface area contributed by atoms with Crippen LogP contribution in [0.4, 0.5) is 10.1 Å². The molecule has 0 bridgehead atoms. The SMILES string of the molecule is CCN(CC)c1ccc(/C=N\n2c(-c3ccc(F)cc3)n[nH]c2=S)cc1. The number of anilines is 1. The number of H-pyrrole nitrogens is 1. The van der Waals surface area contributed by atoms with Crippen molar-refractivity contribution in [3.05, 3.63) is 64.7 Å². The average Bonchev–Trinajstić information content (AvgIpc) is 3.03. The summed E-state index contributed by atoms with van der Waals surface area (Å²) in [5.74, 6) is 0.234. The second kappa shape index (κ2) is 8.05. The number of halogens is 1. The zero-order valence-corrected chi connectivity index (χ0v) is 15.5. The summed E-state index contributed by atoms with van der Waals surface area (Å²) in [6.07, 6.45) is 1.73. The maximum absolute atomic E-state index is 13.1. The van der Waals surface area contributed by atoms with Gasteiger partial charge in [-0.15, -0.1) is 0 Å². The molecule has 0 unspecified atom stereocenters. The number of rotatable bonds is 6. The fourth-order valence-electron chi connectivity index (χ4n) is 2.67. The van der Waals surface area contributed by atoms with E-state index in [0.717, 1.165) is 24.2 Å². The molecule has 3 rings (SSSR count). The monoisotopic (exact) mass is 369 g/mol. The summed E-state index contributed by atoms with van der Waals surface area (Å²) in [6, 6.07) is 14.2. The van der Waals surface area contributed by atoms with Gasteiger partial charge < -0.3 is 4.90 Å². The Labute approximate surface area is 156 Å². The summed E-state index contributed by atoms with van der Waals surface area (Å²) in [5.41, 5.74) is 2.86. The van der Waals surface area contributed by atoms with Gasteiger partial charge in [0.2, 0.25) is 4.77 Å². The van der Waals surface area contributed by atoms with Gasteiger partial charge in [0.25, 0.3) is 0 Å². The number of hydrogen-bond acceptors (Lipinski definition) is 4. The standard InChI is InChI=1S/C19H20FN5S/c1-3-24(4-2)17-11-5-14(6-12-17)13-21-25-18(22-23-19(25)26)15-7-9-16(20)10-8-15/h5-13H,3-4H2,1-2H3,(H,23,26)/b21-13-. The van der Waals surface area contributed by atoms with Crippen LogP contribution >= 0.6 is 12.2 Å². The Morgan fingerprint density at radius 3 is 2.38 bits per heavy atom. The van der Waals surface area contributed by atoms with E-state index < -0.39 is 0 Å². The van der Waals surface area contributed by atoms with Crippen LogP contribution < -0.4 is 4.90 Å². The van der Waals surface area contributed by atoms with Gasteiger partial charge in [-0.25, -0.2) is 9.49 Å². The van der Waals surface area contributed by atoms with Crippen LogP contribution in [0, 0.1) is 10.6 Å². The molecule has 0 aliphatic heterocycles. The van der Waals surface area contributed by atoms with Crippen LogP contribution in [-0.2, 0) is 0 Å². The Hall–Kier alpha value is -2.80. The van der Waals surface area contributed by atoms with Gasteiger partial charge in [0, 0.05) is 24.3 Å². The number of nitrogens with zero attached hydrogens (tertiary/aromatic N) is 4. The number of nitrogens with one attached hydrogen (secondary N) is 1. The van der Waals surface area contributed by atoms with E-state index in [9.17, 15) is 4.39 Å². The molecule has 0 aliphatic carbocycles. The molecular weight excluding hydrogens is 349 g/mol. The summed E-state index contributed by atoms with van der Waals surface area (Å²) in [5, 5.41) is 11.4. The summed E-state index contributed by atoms with van der Waals surface area (Å²) in [6.45, 7) is 6.21. The quantitative estimate of drug-likeness (QED) is 0.515. The van der Waals surface area contributed by atoms with Gasteiger partial charge in [0.15, 0.2) is 5.82 Å². The largest absolute Gasteiger partial charge is 0.372 e. The van der Waals surface area contributed by atoms with Crippen LogP contribution in [0.1, 0.15) is 19.4 Å². The second-order valence-corrected chi connectivity index (χ2v) is 6.07. The van der Waals surface area contributed by atoms with Gasteiger partial charge in [-0.3, -0.25) is 0 Å². The van der Waals surface area contributed by atoms with Gasteiger partial charge in [-0.2, -0.15) is 14.9 Å². The Morgan fingerprint density at radius 1 is 1.12 bits per heavy atom. The Bertz CT molecular complexity index is 937. The average molecular weight is 369 g/mol. The van der Waals surface area contributed by atoms with Crippen LogP contribution in [0.2, 0.25) is 0 Å². The lowest BCUT2D eigenvalue weighted by Gasteiger charge is -2.20. The van der Waals surface area contributed by atoms with Gasteiger partial charge in [-0.05, 0) is 68.0 Å². The fourth-order valence-corrected chi connectivity index (χ4v) is 2.85. The lowest BCUT2D eigenvalue weighted by Crippen LogP contribution is -2.21. The molecule has 0 saturated heterocycles. The highest BCUT2D eigenvalue weighted by Crippen LogP contribution is 2.18. The number of benzene rings is 2. The number of hydrogen-bond donors (Lipinski definition) is 1. The van der Waals surface area contributed by atoms with E-state index in [2.05, 4.69) is 46.2 Å². The van der Waals surface area contributed by atoms with Crippen molar-refractivity contribution in [1.29, 1.82) is 0 Å². The zero-order chi connectivity index (χ0) is 18.5. The second-order valence-electron chi connectivity index (χ2n) is 5.68. The lowest BCUT2D eigenvalue weighted by atomic mass is 10.2. The highest BCUT2D eigenvalue weighted by atomic mass is 32.1. The molecule has 0 aliphatic rings. The topological polar surface area (TPSA) is 49.2 Å². The van der Waals surface area contributed by atoms with Crippen LogP contribution in [0.25, 0.3) is 11.4 Å². The van der Waals surface area contributed by atoms with Crippen molar-refractivity contribution < 1.29 is 4.39 Å². The molecule has 0 radical (unpaired) electrons. The molecule has 7 heteroatoms.